The van der Waals surface area contributed by atoms with Gasteiger partial charge in [0, 0.05) is 18.2 Å². The molecule has 0 bridgehead atoms. The maximum atomic E-state index is 12.6. The summed E-state index contributed by atoms with van der Waals surface area (Å²) in [6, 6.07) is 6.95. The van der Waals surface area contributed by atoms with Crippen LogP contribution in [-0.4, -0.2) is 24.3 Å². The third-order valence-corrected chi connectivity index (χ3v) is 3.78. The van der Waals surface area contributed by atoms with Gasteiger partial charge in [-0.15, -0.1) is 0 Å². The van der Waals surface area contributed by atoms with Crippen molar-refractivity contribution in [3.8, 4) is 5.75 Å². The molecule has 0 atom stereocenters. The SMILES string of the molecule is CCNC(=NCc1cc(C)ccc1OC(F)F)NCc1cc(C(C)C)no1. The van der Waals surface area contributed by atoms with E-state index in [2.05, 4.69) is 25.5 Å². The summed E-state index contributed by atoms with van der Waals surface area (Å²) in [6.07, 6.45) is 0. The molecule has 0 aliphatic carbocycles. The number of guanidine groups is 1. The lowest BCUT2D eigenvalue weighted by Crippen LogP contribution is -2.36. The van der Waals surface area contributed by atoms with Crippen molar-refractivity contribution in [2.24, 2.45) is 4.99 Å². The van der Waals surface area contributed by atoms with Crippen molar-refractivity contribution in [1.29, 1.82) is 0 Å². The standard InChI is InChI=1S/C19H26F2N4O2/c1-5-22-19(24-11-15-9-16(12(2)3)25-27-15)23-10-14-8-13(4)6-7-17(14)26-18(20)21/h6-9,12,18H,5,10-11H2,1-4H3,(H2,22,23,24). The van der Waals surface area contributed by atoms with Gasteiger partial charge >= 0.3 is 6.61 Å². The fourth-order valence-corrected chi connectivity index (χ4v) is 2.40. The molecular formula is C19H26F2N4O2. The molecule has 0 radical (unpaired) electrons. The van der Waals surface area contributed by atoms with Gasteiger partial charge in [-0.1, -0.05) is 36.7 Å². The first-order valence-corrected chi connectivity index (χ1v) is 8.91. The largest absolute Gasteiger partial charge is 0.434 e. The van der Waals surface area contributed by atoms with Crippen molar-refractivity contribution < 1.29 is 18.0 Å². The van der Waals surface area contributed by atoms with E-state index >= 15 is 0 Å². The van der Waals surface area contributed by atoms with E-state index in [0.29, 0.717) is 36.3 Å². The smallest absolute Gasteiger partial charge is 0.387 e. The Kier molecular flexibility index (Phi) is 7.57. The Hall–Kier alpha value is -2.64. The predicted octanol–water partition coefficient (Wildman–Crippen LogP) is 3.96. The second kappa shape index (κ2) is 9.89. The molecule has 0 aliphatic heterocycles. The van der Waals surface area contributed by atoms with Crippen molar-refractivity contribution in [1.82, 2.24) is 15.8 Å². The van der Waals surface area contributed by atoms with Crippen LogP contribution in [0, 0.1) is 6.92 Å². The molecule has 1 heterocycles. The van der Waals surface area contributed by atoms with Crippen LogP contribution >= 0.6 is 0 Å². The quantitative estimate of drug-likeness (QED) is 0.536. The van der Waals surface area contributed by atoms with Crippen LogP contribution < -0.4 is 15.4 Å². The van der Waals surface area contributed by atoms with E-state index in [0.717, 1.165) is 11.3 Å². The summed E-state index contributed by atoms with van der Waals surface area (Å²) in [5.41, 5.74) is 2.43. The van der Waals surface area contributed by atoms with Gasteiger partial charge in [0.25, 0.3) is 0 Å². The fraction of sp³-hybridized carbons (Fsp3) is 0.474. The van der Waals surface area contributed by atoms with Crippen molar-refractivity contribution in [2.75, 3.05) is 6.54 Å². The van der Waals surface area contributed by atoms with Gasteiger partial charge in [-0.3, -0.25) is 0 Å². The summed E-state index contributed by atoms with van der Waals surface area (Å²) in [5, 5.41) is 10.3. The number of rotatable bonds is 8. The summed E-state index contributed by atoms with van der Waals surface area (Å²) in [6.45, 7) is 6.33. The number of aliphatic imine (C=N–C) groups is 1. The Morgan fingerprint density at radius 2 is 2.04 bits per heavy atom. The Balaban J connectivity index is 2.07. The zero-order chi connectivity index (χ0) is 19.8. The first-order chi connectivity index (χ1) is 12.9. The number of nitrogens with zero attached hydrogens (tertiary/aromatic N) is 2. The second-order valence-electron chi connectivity index (χ2n) is 6.41. The molecule has 2 N–H and O–H groups in total. The van der Waals surface area contributed by atoms with Gasteiger partial charge in [-0.2, -0.15) is 8.78 Å². The molecule has 8 heteroatoms. The summed E-state index contributed by atoms with van der Waals surface area (Å²) < 4.78 is 35.1. The molecule has 27 heavy (non-hydrogen) atoms. The number of aryl methyl sites for hydroxylation is 1. The molecule has 0 saturated heterocycles. The molecule has 6 nitrogen and oxygen atoms in total. The van der Waals surface area contributed by atoms with Crippen molar-refractivity contribution >= 4 is 5.96 Å². The first kappa shape index (κ1) is 20.7. The highest BCUT2D eigenvalue weighted by Gasteiger charge is 2.11. The lowest BCUT2D eigenvalue weighted by molar-refractivity contribution is -0.0504. The monoisotopic (exact) mass is 380 g/mol. The molecule has 2 rings (SSSR count). The zero-order valence-electron chi connectivity index (χ0n) is 16.1. The number of hydrogen-bond donors (Lipinski definition) is 2. The second-order valence-corrected chi connectivity index (χ2v) is 6.41. The van der Waals surface area contributed by atoms with Crippen LogP contribution in [0.25, 0.3) is 0 Å². The lowest BCUT2D eigenvalue weighted by atomic mass is 10.1. The summed E-state index contributed by atoms with van der Waals surface area (Å²) in [5.74, 6) is 1.66. The van der Waals surface area contributed by atoms with Gasteiger partial charge in [-0.25, -0.2) is 4.99 Å². The lowest BCUT2D eigenvalue weighted by Gasteiger charge is -2.12. The molecule has 1 aromatic heterocycles. The number of benzene rings is 1. The topological polar surface area (TPSA) is 71.7 Å². The fourth-order valence-electron chi connectivity index (χ4n) is 2.40. The zero-order valence-corrected chi connectivity index (χ0v) is 16.1. The Morgan fingerprint density at radius 3 is 2.67 bits per heavy atom. The van der Waals surface area contributed by atoms with Crippen molar-refractivity contribution in [3.63, 3.8) is 0 Å². The molecule has 0 unspecified atom stereocenters. The van der Waals surface area contributed by atoms with E-state index in [-0.39, 0.29) is 12.3 Å². The third-order valence-electron chi connectivity index (χ3n) is 3.78. The van der Waals surface area contributed by atoms with Crippen LogP contribution in [0.1, 0.15) is 49.3 Å². The van der Waals surface area contributed by atoms with E-state index in [4.69, 9.17) is 4.52 Å². The highest BCUT2D eigenvalue weighted by atomic mass is 19.3. The van der Waals surface area contributed by atoms with Gasteiger partial charge in [0.05, 0.1) is 18.8 Å². The van der Waals surface area contributed by atoms with Crippen LogP contribution in [0.15, 0.2) is 33.8 Å². The predicted molar refractivity (Wildman–Crippen MR) is 100 cm³/mol. The van der Waals surface area contributed by atoms with E-state index in [1.165, 1.54) is 6.07 Å². The number of nitrogens with one attached hydrogen (secondary N) is 2. The Labute approximate surface area is 158 Å². The minimum Gasteiger partial charge on any atom is -0.434 e. The summed E-state index contributed by atoms with van der Waals surface area (Å²) in [4.78, 5) is 4.46. The first-order valence-electron chi connectivity index (χ1n) is 8.91. The number of alkyl halides is 2. The van der Waals surface area contributed by atoms with Gasteiger partial charge in [0.2, 0.25) is 0 Å². The van der Waals surface area contributed by atoms with E-state index < -0.39 is 6.61 Å². The summed E-state index contributed by atoms with van der Waals surface area (Å²) in [7, 11) is 0. The number of hydrogen-bond acceptors (Lipinski definition) is 4. The molecular weight excluding hydrogens is 354 g/mol. The molecule has 0 amide bonds. The highest BCUT2D eigenvalue weighted by molar-refractivity contribution is 5.79. The molecule has 1 aromatic carbocycles. The van der Waals surface area contributed by atoms with Crippen LogP contribution in [0.2, 0.25) is 0 Å². The molecule has 0 spiro atoms. The normalized spacial score (nSPS) is 11.9. The molecule has 0 aliphatic rings. The molecule has 0 fully saturated rings. The molecule has 148 valence electrons. The van der Waals surface area contributed by atoms with Crippen LogP contribution in [0.4, 0.5) is 8.78 Å². The third kappa shape index (κ3) is 6.54. The molecule has 2 aromatic rings. The Morgan fingerprint density at radius 1 is 1.26 bits per heavy atom. The van der Waals surface area contributed by atoms with E-state index in [9.17, 15) is 8.78 Å². The Bertz CT molecular complexity index is 760. The van der Waals surface area contributed by atoms with Gasteiger partial charge in [0.15, 0.2) is 11.7 Å². The average molecular weight is 380 g/mol. The maximum Gasteiger partial charge on any atom is 0.387 e. The van der Waals surface area contributed by atoms with Crippen molar-refractivity contribution in [3.05, 3.63) is 46.8 Å². The minimum absolute atomic E-state index is 0.131. The maximum absolute atomic E-state index is 12.6. The van der Waals surface area contributed by atoms with Gasteiger partial charge in [-0.05, 0) is 25.8 Å². The summed E-state index contributed by atoms with van der Waals surface area (Å²) >= 11 is 0. The van der Waals surface area contributed by atoms with Gasteiger partial charge in [0.1, 0.15) is 5.75 Å². The number of aromatic nitrogens is 1. The van der Waals surface area contributed by atoms with Crippen LogP contribution in [-0.2, 0) is 13.1 Å². The van der Waals surface area contributed by atoms with E-state index in [1.54, 1.807) is 12.1 Å². The average Bonchev–Trinajstić information content (AvgIpc) is 3.08. The molecule has 0 saturated carbocycles. The highest BCUT2D eigenvalue weighted by Crippen LogP contribution is 2.23. The minimum atomic E-state index is -2.87. The van der Waals surface area contributed by atoms with Crippen molar-refractivity contribution in [2.45, 2.75) is 53.3 Å². The van der Waals surface area contributed by atoms with E-state index in [1.807, 2.05) is 33.8 Å². The van der Waals surface area contributed by atoms with Crippen LogP contribution in [0.3, 0.4) is 0 Å². The number of halogens is 2. The van der Waals surface area contributed by atoms with Gasteiger partial charge < -0.3 is 19.9 Å². The van der Waals surface area contributed by atoms with Crippen LogP contribution in [0.5, 0.6) is 5.75 Å². The number of ether oxygens (including phenoxy) is 1.